The van der Waals surface area contributed by atoms with Crippen molar-refractivity contribution in [3.63, 3.8) is 0 Å². The largest absolute Gasteiger partial charge is 0.494 e. The van der Waals surface area contributed by atoms with Gasteiger partial charge in [-0.25, -0.2) is 4.39 Å². The van der Waals surface area contributed by atoms with Gasteiger partial charge in [0.15, 0.2) is 11.6 Å². The standard InChI is InChI=1S/C13H20FN3OS/c1-17-5-6-19-8-11(17)13(16-15)9-3-4-12(18-2)10(14)7-9/h3-4,7,11,13,16H,5-6,8,15H2,1-2H3. The third-order valence-electron chi connectivity index (χ3n) is 3.54. The lowest BCUT2D eigenvalue weighted by molar-refractivity contribution is 0.216. The minimum atomic E-state index is -0.355. The number of halogens is 1. The quantitative estimate of drug-likeness (QED) is 0.647. The number of nitrogens with two attached hydrogens (primary N) is 1. The molecule has 1 heterocycles. The highest BCUT2D eigenvalue weighted by molar-refractivity contribution is 7.99. The van der Waals surface area contributed by atoms with Crippen molar-refractivity contribution in [2.45, 2.75) is 12.1 Å². The van der Waals surface area contributed by atoms with Gasteiger partial charge in [0.2, 0.25) is 0 Å². The molecule has 2 atom stereocenters. The molecule has 19 heavy (non-hydrogen) atoms. The Morgan fingerprint density at radius 3 is 2.95 bits per heavy atom. The van der Waals surface area contributed by atoms with Crippen LogP contribution in [-0.2, 0) is 0 Å². The van der Waals surface area contributed by atoms with Gasteiger partial charge in [0.1, 0.15) is 0 Å². The van der Waals surface area contributed by atoms with Crippen LogP contribution in [0.4, 0.5) is 4.39 Å². The van der Waals surface area contributed by atoms with E-state index in [4.69, 9.17) is 10.6 Å². The van der Waals surface area contributed by atoms with Crippen molar-refractivity contribution < 1.29 is 9.13 Å². The monoisotopic (exact) mass is 285 g/mol. The van der Waals surface area contributed by atoms with E-state index in [2.05, 4.69) is 17.4 Å². The van der Waals surface area contributed by atoms with Crippen LogP contribution in [0.25, 0.3) is 0 Å². The summed E-state index contributed by atoms with van der Waals surface area (Å²) < 4.78 is 18.7. The van der Waals surface area contributed by atoms with Gasteiger partial charge in [-0.2, -0.15) is 11.8 Å². The second kappa shape index (κ2) is 6.56. The maximum atomic E-state index is 13.8. The molecule has 6 heteroatoms. The summed E-state index contributed by atoms with van der Waals surface area (Å²) in [5.41, 5.74) is 3.67. The molecule has 0 aromatic heterocycles. The van der Waals surface area contributed by atoms with Crippen LogP contribution in [0, 0.1) is 5.82 Å². The molecule has 2 rings (SSSR count). The zero-order valence-electron chi connectivity index (χ0n) is 11.2. The summed E-state index contributed by atoms with van der Waals surface area (Å²) in [6.45, 7) is 1.02. The smallest absolute Gasteiger partial charge is 0.165 e. The average Bonchev–Trinajstić information content (AvgIpc) is 2.42. The SMILES string of the molecule is COc1ccc(C(NN)C2CSCCN2C)cc1F. The van der Waals surface area contributed by atoms with Crippen molar-refractivity contribution >= 4 is 11.8 Å². The van der Waals surface area contributed by atoms with Crippen LogP contribution in [0.5, 0.6) is 5.75 Å². The molecule has 2 unspecified atom stereocenters. The molecule has 0 amide bonds. The van der Waals surface area contributed by atoms with Crippen molar-refractivity contribution in [1.82, 2.24) is 10.3 Å². The fourth-order valence-electron chi connectivity index (χ4n) is 2.36. The summed E-state index contributed by atoms with van der Waals surface area (Å²) in [4.78, 5) is 2.27. The molecule has 1 aromatic rings. The van der Waals surface area contributed by atoms with E-state index in [1.165, 1.54) is 13.2 Å². The van der Waals surface area contributed by atoms with E-state index in [1.54, 1.807) is 6.07 Å². The zero-order valence-corrected chi connectivity index (χ0v) is 12.0. The number of benzene rings is 1. The number of rotatable bonds is 4. The summed E-state index contributed by atoms with van der Waals surface area (Å²) in [5, 5.41) is 0. The van der Waals surface area contributed by atoms with Crippen LogP contribution in [-0.4, -0.2) is 43.1 Å². The molecule has 1 aliphatic heterocycles. The minimum absolute atomic E-state index is 0.0850. The topological polar surface area (TPSA) is 50.5 Å². The highest BCUT2D eigenvalue weighted by Gasteiger charge is 2.29. The Morgan fingerprint density at radius 2 is 2.37 bits per heavy atom. The van der Waals surface area contributed by atoms with Gasteiger partial charge in [-0.3, -0.25) is 16.2 Å². The van der Waals surface area contributed by atoms with E-state index in [0.717, 1.165) is 23.6 Å². The second-order valence-electron chi connectivity index (χ2n) is 4.66. The molecule has 4 nitrogen and oxygen atoms in total. The number of nitrogens with zero attached hydrogens (tertiary/aromatic N) is 1. The van der Waals surface area contributed by atoms with E-state index in [0.29, 0.717) is 0 Å². The van der Waals surface area contributed by atoms with Gasteiger partial charge in [0, 0.05) is 24.1 Å². The van der Waals surface area contributed by atoms with Crippen molar-refractivity contribution in [3.05, 3.63) is 29.6 Å². The molecular weight excluding hydrogens is 265 g/mol. The van der Waals surface area contributed by atoms with Crippen LogP contribution in [0.1, 0.15) is 11.6 Å². The fourth-order valence-corrected chi connectivity index (χ4v) is 3.63. The van der Waals surface area contributed by atoms with Crippen LogP contribution in [0.15, 0.2) is 18.2 Å². The van der Waals surface area contributed by atoms with Crippen LogP contribution < -0.4 is 16.0 Å². The Kier molecular flexibility index (Phi) is 5.04. The Labute approximate surface area is 117 Å². The van der Waals surface area contributed by atoms with Gasteiger partial charge >= 0.3 is 0 Å². The van der Waals surface area contributed by atoms with E-state index in [-0.39, 0.29) is 23.7 Å². The molecule has 0 spiro atoms. The summed E-state index contributed by atoms with van der Waals surface area (Å²) in [5.74, 6) is 7.69. The van der Waals surface area contributed by atoms with E-state index in [9.17, 15) is 4.39 Å². The summed E-state index contributed by atoms with van der Waals surface area (Å²) in [6.07, 6.45) is 0. The highest BCUT2D eigenvalue weighted by Crippen LogP contribution is 2.28. The van der Waals surface area contributed by atoms with Gasteiger partial charge in [0.25, 0.3) is 0 Å². The number of likely N-dealkylation sites (N-methyl/N-ethyl adjacent to an activating group) is 1. The second-order valence-corrected chi connectivity index (χ2v) is 5.81. The van der Waals surface area contributed by atoms with Gasteiger partial charge in [0.05, 0.1) is 13.2 Å². The van der Waals surface area contributed by atoms with Gasteiger partial charge in [-0.1, -0.05) is 6.07 Å². The van der Waals surface area contributed by atoms with E-state index in [1.807, 2.05) is 17.8 Å². The molecule has 0 saturated carbocycles. The molecule has 1 saturated heterocycles. The van der Waals surface area contributed by atoms with Crippen molar-refractivity contribution in [3.8, 4) is 5.75 Å². The van der Waals surface area contributed by atoms with Crippen molar-refractivity contribution in [1.29, 1.82) is 0 Å². The first-order valence-corrected chi connectivity index (χ1v) is 7.40. The van der Waals surface area contributed by atoms with Crippen LogP contribution in [0.3, 0.4) is 0 Å². The lowest BCUT2D eigenvalue weighted by Crippen LogP contribution is -2.49. The third kappa shape index (κ3) is 3.20. The van der Waals surface area contributed by atoms with Gasteiger partial charge in [-0.05, 0) is 24.7 Å². The normalized spacial score (nSPS) is 22.2. The lowest BCUT2D eigenvalue weighted by atomic mass is 9.99. The molecule has 0 radical (unpaired) electrons. The Hall–Kier alpha value is -0.820. The van der Waals surface area contributed by atoms with E-state index < -0.39 is 0 Å². The van der Waals surface area contributed by atoms with Crippen molar-refractivity contribution in [2.75, 3.05) is 32.2 Å². The molecule has 0 aliphatic carbocycles. The molecule has 1 aromatic carbocycles. The summed E-state index contributed by atoms with van der Waals surface area (Å²) in [6, 6.07) is 5.18. The van der Waals surface area contributed by atoms with E-state index >= 15 is 0 Å². The number of ether oxygens (including phenoxy) is 1. The Bertz CT molecular complexity index is 432. The maximum Gasteiger partial charge on any atom is 0.165 e. The minimum Gasteiger partial charge on any atom is -0.494 e. The number of nitrogens with one attached hydrogen (secondary N) is 1. The first-order valence-electron chi connectivity index (χ1n) is 6.25. The Balaban J connectivity index is 2.23. The third-order valence-corrected chi connectivity index (χ3v) is 4.59. The zero-order chi connectivity index (χ0) is 13.8. The van der Waals surface area contributed by atoms with Crippen LogP contribution in [0.2, 0.25) is 0 Å². The van der Waals surface area contributed by atoms with Gasteiger partial charge < -0.3 is 4.74 Å². The number of thioether (sulfide) groups is 1. The number of hydrogen-bond donors (Lipinski definition) is 2. The Morgan fingerprint density at radius 1 is 1.58 bits per heavy atom. The molecule has 1 aliphatic rings. The summed E-state index contributed by atoms with van der Waals surface area (Å²) in [7, 11) is 3.54. The maximum absolute atomic E-state index is 13.8. The highest BCUT2D eigenvalue weighted by atomic mass is 32.2. The number of methoxy groups -OCH3 is 1. The molecular formula is C13H20FN3OS. The predicted molar refractivity (Wildman–Crippen MR) is 76.8 cm³/mol. The van der Waals surface area contributed by atoms with Gasteiger partial charge in [-0.15, -0.1) is 0 Å². The summed E-state index contributed by atoms with van der Waals surface area (Å²) >= 11 is 1.90. The first kappa shape index (κ1) is 14.6. The molecule has 3 N–H and O–H groups in total. The average molecular weight is 285 g/mol. The van der Waals surface area contributed by atoms with Crippen LogP contribution >= 0.6 is 11.8 Å². The van der Waals surface area contributed by atoms with Crippen molar-refractivity contribution in [2.24, 2.45) is 5.84 Å². The predicted octanol–water partition coefficient (Wildman–Crippen LogP) is 1.39. The first-order chi connectivity index (χ1) is 9.17. The molecule has 106 valence electrons. The molecule has 0 bridgehead atoms. The number of hydrazine groups is 1. The number of hydrogen-bond acceptors (Lipinski definition) is 5. The molecule has 1 fully saturated rings. The lowest BCUT2D eigenvalue weighted by Gasteiger charge is -2.37. The fraction of sp³-hybridized carbons (Fsp3) is 0.538.